The molecular weight excluding hydrogens is 370 g/mol. The van der Waals surface area contributed by atoms with Crippen molar-refractivity contribution in [3.05, 3.63) is 23.0 Å². The number of thioether (sulfide) groups is 1. The third kappa shape index (κ3) is 4.05. The Bertz CT molecular complexity index is 788. The first-order valence-corrected chi connectivity index (χ1v) is 10.3. The molecule has 26 heavy (non-hydrogen) atoms. The van der Waals surface area contributed by atoms with E-state index in [1.54, 1.807) is 18.8 Å². The largest absolute Gasteiger partial charge is 0.396 e. The third-order valence-electron chi connectivity index (χ3n) is 4.77. The Kier molecular flexibility index (Phi) is 6.21. The summed E-state index contributed by atoms with van der Waals surface area (Å²) in [4.78, 5) is 13.6. The molecule has 1 saturated carbocycles. The summed E-state index contributed by atoms with van der Waals surface area (Å²) in [7, 11) is 1.77. The summed E-state index contributed by atoms with van der Waals surface area (Å²) in [6.45, 7) is 2.20. The summed E-state index contributed by atoms with van der Waals surface area (Å²) in [5, 5.41) is 17.2. The van der Waals surface area contributed by atoms with Crippen LogP contribution in [0.3, 0.4) is 0 Å². The quantitative estimate of drug-likeness (QED) is 0.508. The van der Waals surface area contributed by atoms with E-state index in [0.29, 0.717) is 22.8 Å². The highest BCUT2D eigenvalue weighted by Gasteiger charge is 2.26. The Morgan fingerprint density at radius 2 is 2.08 bits per heavy atom. The molecule has 2 atom stereocenters. The van der Waals surface area contributed by atoms with Crippen LogP contribution in [0.5, 0.6) is 0 Å². The monoisotopic (exact) mass is 393 g/mol. The number of aliphatic hydroxyl groups excluding tert-OH is 1. The van der Waals surface area contributed by atoms with Gasteiger partial charge < -0.3 is 15.7 Å². The van der Waals surface area contributed by atoms with Gasteiger partial charge in [0.05, 0.1) is 10.6 Å². The predicted molar refractivity (Wildman–Crippen MR) is 108 cm³/mol. The molecule has 2 heterocycles. The minimum atomic E-state index is 0.233. The molecule has 3 rings (SSSR count). The molecular formula is C18H24ClN5OS. The van der Waals surface area contributed by atoms with Gasteiger partial charge in [0.2, 0.25) is 5.95 Å². The van der Waals surface area contributed by atoms with Gasteiger partial charge in [-0.3, -0.25) is 0 Å². The lowest BCUT2D eigenvalue weighted by atomic mass is 10.1. The number of rotatable bonds is 6. The summed E-state index contributed by atoms with van der Waals surface area (Å²) < 4.78 is 0. The molecule has 0 aromatic carbocycles. The van der Waals surface area contributed by atoms with E-state index in [4.69, 9.17) is 11.6 Å². The molecule has 0 aliphatic heterocycles. The van der Waals surface area contributed by atoms with E-state index < -0.39 is 0 Å². The summed E-state index contributed by atoms with van der Waals surface area (Å²) in [6, 6.07) is 4.27. The Morgan fingerprint density at radius 3 is 2.69 bits per heavy atom. The number of aromatic nitrogens is 3. The fraction of sp³-hybridized carbons (Fsp3) is 0.500. The molecule has 0 saturated heterocycles. The van der Waals surface area contributed by atoms with Crippen LogP contribution in [0.15, 0.2) is 17.2 Å². The van der Waals surface area contributed by atoms with Crippen LogP contribution in [0.1, 0.15) is 25.0 Å². The number of aryl methyl sites for hydroxylation is 1. The minimum Gasteiger partial charge on any atom is -0.396 e. The Balaban J connectivity index is 2.01. The SMILES string of the molecule is CNc1nc(Cl)c(-c2ccc(SC)nc2C)c(N[C@H]2CC[C@@H](CO)C2)n1. The van der Waals surface area contributed by atoms with Crippen LogP contribution < -0.4 is 10.6 Å². The molecule has 1 fully saturated rings. The zero-order chi connectivity index (χ0) is 18.7. The molecule has 3 N–H and O–H groups in total. The lowest BCUT2D eigenvalue weighted by Crippen LogP contribution is -2.19. The summed E-state index contributed by atoms with van der Waals surface area (Å²) >= 11 is 8.14. The van der Waals surface area contributed by atoms with Gasteiger partial charge in [-0.2, -0.15) is 4.98 Å². The third-order valence-corrected chi connectivity index (χ3v) is 5.69. The summed E-state index contributed by atoms with van der Waals surface area (Å²) in [5.41, 5.74) is 2.59. The first-order valence-electron chi connectivity index (χ1n) is 8.70. The van der Waals surface area contributed by atoms with Crippen molar-refractivity contribution in [3.8, 4) is 11.1 Å². The van der Waals surface area contributed by atoms with Gasteiger partial charge >= 0.3 is 0 Å². The van der Waals surface area contributed by atoms with Crippen LogP contribution in [0.25, 0.3) is 11.1 Å². The molecule has 140 valence electrons. The number of hydrogen-bond donors (Lipinski definition) is 3. The molecule has 0 unspecified atom stereocenters. The average molecular weight is 394 g/mol. The van der Waals surface area contributed by atoms with E-state index in [1.807, 2.05) is 25.3 Å². The van der Waals surface area contributed by atoms with Crippen molar-refractivity contribution in [2.75, 3.05) is 30.5 Å². The van der Waals surface area contributed by atoms with Crippen molar-refractivity contribution >= 4 is 35.1 Å². The van der Waals surface area contributed by atoms with E-state index in [-0.39, 0.29) is 12.6 Å². The van der Waals surface area contributed by atoms with E-state index in [9.17, 15) is 5.11 Å². The molecule has 2 aromatic heterocycles. The van der Waals surface area contributed by atoms with Gasteiger partial charge in [0.1, 0.15) is 11.0 Å². The van der Waals surface area contributed by atoms with Gasteiger partial charge in [-0.25, -0.2) is 9.97 Å². The average Bonchev–Trinajstić information content (AvgIpc) is 3.09. The fourth-order valence-electron chi connectivity index (χ4n) is 3.37. The molecule has 0 bridgehead atoms. The standard InChI is InChI=1S/C18H24ClN5OS/c1-10-13(6-7-14(21-10)26-3)15-16(19)23-18(20-2)24-17(15)22-12-5-4-11(8-12)9-25/h6-7,11-12,25H,4-5,8-9H2,1-3H3,(H2,20,22,23,24)/t11-,12+/m1/s1. The number of hydrogen-bond acceptors (Lipinski definition) is 7. The maximum atomic E-state index is 9.40. The van der Waals surface area contributed by atoms with Crippen molar-refractivity contribution in [1.29, 1.82) is 0 Å². The van der Waals surface area contributed by atoms with Crippen molar-refractivity contribution < 1.29 is 5.11 Å². The minimum absolute atomic E-state index is 0.233. The van der Waals surface area contributed by atoms with E-state index >= 15 is 0 Å². The first-order chi connectivity index (χ1) is 12.5. The fourth-order valence-corrected chi connectivity index (χ4v) is 4.07. The smallest absolute Gasteiger partial charge is 0.225 e. The molecule has 0 spiro atoms. The molecule has 8 heteroatoms. The van der Waals surface area contributed by atoms with E-state index in [1.165, 1.54) is 0 Å². The zero-order valence-electron chi connectivity index (χ0n) is 15.2. The lowest BCUT2D eigenvalue weighted by molar-refractivity contribution is 0.229. The van der Waals surface area contributed by atoms with Crippen molar-refractivity contribution in [2.45, 2.75) is 37.3 Å². The van der Waals surface area contributed by atoms with Crippen LogP contribution >= 0.6 is 23.4 Å². The van der Waals surface area contributed by atoms with Crippen LogP contribution in [0.2, 0.25) is 5.15 Å². The highest BCUT2D eigenvalue weighted by atomic mass is 35.5. The number of anilines is 2. The summed E-state index contributed by atoms with van der Waals surface area (Å²) in [5.74, 6) is 1.53. The second-order valence-electron chi connectivity index (χ2n) is 6.50. The van der Waals surface area contributed by atoms with Gasteiger partial charge in [0.25, 0.3) is 0 Å². The Labute approximate surface area is 163 Å². The number of pyridine rings is 1. The van der Waals surface area contributed by atoms with Crippen LogP contribution in [0, 0.1) is 12.8 Å². The molecule has 0 radical (unpaired) electrons. The second kappa shape index (κ2) is 8.41. The van der Waals surface area contributed by atoms with Crippen molar-refractivity contribution in [1.82, 2.24) is 15.0 Å². The van der Waals surface area contributed by atoms with E-state index in [2.05, 4.69) is 25.6 Å². The molecule has 6 nitrogen and oxygen atoms in total. The van der Waals surface area contributed by atoms with Crippen molar-refractivity contribution in [3.63, 3.8) is 0 Å². The molecule has 1 aliphatic rings. The Hall–Kier alpha value is -1.57. The first kappa shape index (κ1) is 19.2. The Morgan fingerprint density at radius 1 is 1.27 bits per heavy atom. The number of nitrogens with zero attached hydrogens (tertiary/aromatic N) is 3. The van der Waals surface area contributed by atoms with Crippen LogP contribution in [0.4, 0.5) is 11.8 Å². The van der Waals surface area contributed by atoms with Gasteiger partial charge in [0, 0.05) is 31.0 Å². The maximum Gasteiger partial charge on any atom is 0.225 e. The lowest BCUT2D eigenvalue weighted by Gasteiger charge is -2.19. The van der Waals surface area contributed by atoms with Gasteiger partial charge in [-0.05, 0) is 50.5 Å². The van der Waals surface area contributed by atoms with Crippen LogP contribution in [-0.4, -0.2) is 46.0 Å². The summed E-state index contributed by atoms with van der Waals surface area (Å²) in [6.07, 6.45) is 4.95. The topological polar surface area (TPSA) is 83.0 Å². The normalized spacial score (nSPS) is 19.6. The zero-order valence-corrected chi connectivity index (χ0v) is 16.8. The molecule has 0 amide bonds. The van der Waals surface area contributed by atoms with Crippen LogP contribution in [-0.2, 0) is 0 Å². The second-order valence-corrected chi connectivity index (χ2v) is 7.69. The van der Waals surface area contributed by atoms with Gasteiger partial charge in [0.15, 0.2) is 0 Å². The van der Waals surface area contributed by atoms with Gasteiger partial charge in [-0.15, -0.1) is 11.8 Å². The molecule has 2 aromatic rings. The number of aliphatic hydroxyl groups is 1. The predicted octanol–water partition coefficient (Wildman–Crippen LogP) is 3.84. The molecule has 1 aliphatic carbocycles. The van der Waals surface area contributed by atoms with Gasteiger partial charge in [-0.1, -0.05) is 11.6 Å². The van der Waals surface area contributed by atoms with Crippen molar-refractivity contribution in [2.24, 2.45) is 5.92 Å². The maximum absolute atomic E-state index is 9.40. The number of nitrogens with one attached hydrogen (secondary N) is 2. The number of halogens is 1. The van der Waals surface area contributed by atoms with E-state index in [0.717, 1.165) is 41.1 Å². The highest BCUT2D eigenvalue weighted by molar-refractivity contribution is 7.98. The highest BCUT2D eigenvalue weighted by Crippen LogP contribution is 2.37.